The predicted molar refractivity (Wildman–Crippen MR) is 116 cm³/mol. The Hall–Kier alpha value is -3.07. The van der Waals surface area contributed by atoms with E-state index in [9.17, 15) is 13.6 Å². The zero-order chi connectivity index (χ0) is 22.4. The maximum atomic E-state index is 14.0. The molecule has 0 saturated heterocycles. The van der Waals surface area contributed by atoms with Gasteiger partial charge in [0.15, 0.2) is 0 Å². The van der Waals surface area contributed by atoms with Crippen LogP contribution in [0, 0.1) is 11.6 Å². The second-order valence-electron chi connectivity index (χ2n) is 6.64. The van der Waals surface area contributed by atoms with Crippen molar-refractivity contribution in [3.05, 3.63) is 70.0 Å². The lowest BCUT2D eigenvalue weighted by molar-refractivity contribution is -0.136. The lowest BCUT2D eigenvalue weighted by atomic mass is 10.1. The number of nitrogens with one attached hydrogen (secondary N) is 1. The van der Waals surface area contributed by atoms with Crippen LogP contribution in [0.4, 0.5) is 14.6 Å². The summed E-state index contributed by atoms with van der Waals surface area (Å²) in [6.45, 7) is 2.49. The summed E-state index contributed by atoms with van der Waals surface area (Å²) in [4.78, 5) is 19.5. The van der Waals surface area contributed by atoms with E-state index in [1.165, 1.54) is 18.5 Å². The van der Waals surface area contributed by atoms with Gasteiger partial charge in [0.2, 0.25) is 0 Å². The maximum Gasteiger partial charge on any atom is 0.307 e. The summed E-state index contributed by atoms with van der Waals surface area (Å²) in [7, 11) is 0. The Morgan fingerprint density at radius 2 is 1.90 bits per heavy atom. The zero-order valence-corrected chi connectivity index (χ0v) is 18.2. The van der Waals surface area contributed by atoms with Gasteiger partial charge in [-0.25, -0.2) is 18.7 Å². The van der Waals surface area contributed by atoms with E-state index in [-0.39, 0.29) is 24.9 Å². The monoisotopic (exact) mass is 491 g/mol. The third-order valence-electron chi connectivity index (χ3n) is 4.46. The number of benzene rings is 2. The second kappa shape index (κ2) is 10.3. The molecule has 0 amide bonds. The minimum Gasteiger partial charge on any atom is -0.494 e. The van der Waals surface area contributed by atoms with Crippen molar-refractivity contribution >= 4 is 27.7 Å². The molecular formula is C22H20BrF2N3O3. The van der Waals surface area contributed by atoms with Gasteiger partial charge in [0.1, 0.15) is 29.5 Å². The highest BCUT2D eigenvalue weighted by atomic mass is 79.9. The molecule has 0 radical (unpaired) electrons. The molecule has 31 heavy (non-hydrogen) atoms. The number of halogens is 3. The number of anilines is 1. The molecule has 1 heterocycles. The van der Waals surface area contributed by atoms with Gasteiger partial charge in [-0.15, -0.1) is 0 Å². The lowest BCUT2D eigenvalue weighted by Crippen LogP contribution is -2.09. The van der Waals surface area contributed by atoms with Gasteiger partial charge in [0.25, 0.3) is 0 Å². The Morgan fingerprint density at radius 3 is 2.58 bits per heavy atom. The minimum atomic E-state index is -0.944. The van der Waals surface area contributed by atoms with Crippen LogP contribution >= 0.6 is 15.9 Å². The highest BCUT2D eigenvalue weighted by Crippen LogP contribution is 2.28. The number of rotatable bonds is 9. The van der Waals surface area contributed by atoms with E-state index >= 15 is 0 Å². The van der Waals surface area contributed by atoms with Gasteiger partial charge in [-0.1, -0.05) is 28.1 Å². The van der Waals surface area contributed by atoms with Crippen LogP contribution in [0.2, 0.25) is 0 Å². The van der Waals surface area contributed by atoms with Gasteiger partial charge < -0.3 is 15.2 Å². The zero-order valence-electron chi connectivity index (χ0n) is 16.7. The molecule has 0 spiro atoms. The van der Waals surface area contributed by atoms with E-state index in [4.69, 9.17) is 9.84 Å². The topological polar surface area (TPSA) is 84.3 Å². The Labute approximate surface area is 186 Å². The van der Waals surface area contributed by atoms with Crippen molar-refractivity contribution in [2.24, 2.45) is 0 Å². The van der Waals surface area contributed by atoms with Gasteiger partial charge >= 0.3 is 5.97 Å². The average Bonchev–Trinajstić information content (AvgIpc) is 2.71. The SMILES string of the molecule is CCOc1cc(-c2cc(NCCc3c(F)cc(Br)cc3F)ncn2)ccc1CC(=O)O. The van der Waals surface area contributed by atoms with Crippen molar-refractivity contribution in [2.45, 2.75) is 19.8 Å². The van der Waals surface area contributed by atoms with Crippen molar-refractivity contribution in [3.63, 3.8) is 0 Å². The van der Waals surface area contributed by atoms with Crippen LogP contribution in [0.1, 0.15) is 18.1 Å². The number of hydrogen-bond donors (Lipinski definition) is 2. The fraction of sp³-hybridized carbons (Fsp3) is 0.227. The minimum absolute atomic E-state index is 0.000329. The van der Waals surface area contributed by atoms with Gasteiger partial charge in [0, 0.05) is 33.8 Å². The summed E-state index contributed by atoms with van der Waals surface area (Å²) in [5.74, 6) is -1.18. The fourth-order valence-electron chi connectivity index (χ4n) is 3.05. The predicted octanol–water partition coefficient (Wildman–Crippen LogP) is 4.86. The van der Waals surface area contributed by atoms with Crippen molar-refractivity contribution < 1.29 is 23.4 Å². The number of aromatic nitrogens is 2. The summed E-state index contributed by atoms with van der Waals surface area (Å²) in [6.07, 6.45) is 1.38. The maximum absolute atomic E-state index is 14.0. The van der Waals surface area contributed by atoms with E-state index in [0.29, 0.717) is 33.9 Å². The number of hydrogen-bond acceptors (Lipinski definition) is 5. The van der Waals surface area contributed by atoms with E-state index in [1.54, 1.807) is 24.3 Å². The van der Waals surface area contributed by atoms with Crippen LogP contribution in [-0.4, -0.2) is 34.2 Å². The van der Waals surface area contributed by atoms with E-state index in [2.05, 4.69) is 31.2 Å². The first-order valence-corrected chi connectivity index (χ1v) is 10.3. The summed E-state index contributed by atoms with van der Waals surface area (Å²) in [5.41, 5.74) is 1.90. The molecule has 162 valence electrons. The number of carboxylic acid groups (broad SMARTS) is 1. The number of ether oxygens (including phenoxy) is 1. The summed E-state index contributed by atoms with van der Waals surface area (Å²) >= 11 is 3.06. The first-order chi connectivity index (χ1) is 14.9. The van der Waals surface area contributed by atoms with Crippen LogP contribution in [-0.2, 0) is 17.6 Å². The molecule has 0 saturated carbocycles. The Bertz CT molecular complexity index is 1070. The molecule has 1 aromatic heterocycles. The number of carbonyl (C=O) groups is 1. The van der Waals surface area contributed by atoms with Crippen LogP contribution in [0.15, 0.2) is 47.2 Å². The standard InChI is InChI=1S/C22H20BrF2N3O3/c1-2-31-20-7-13(3-4-14(20)8-22(29)30)19-11-21(28-12-27-19)26-6-5-16-17(24)9-15(23)10-18(16)25/h3-4,7,9-12H,2,5-6,8H2,1H3,(H,29,30)(H,26,27,28). The smallest absolute Gasteiger partial charge is 0.307 e. The third-order valence-corrected chi connectivity index (χ3v) is 4.92. The van der Waals surface area contributed by atoms with Gasteiger partial charge in [-0.2, -0.15) is 0 Å². The average molecular weight is 492 g/mol. The van der Waals surface area contributed by atoms with Crippen molar-refractivity contribution in [1.29, 1.82) is 0 Å². The fourth-order valence-corrected chi connectivity index (χ4v) is 3.45. The van der Waals surface area contributed by atoms with E-state index < -0.39 is 17.6 Å². The van der Waals surface area contributed by atoms with Gasteiger partial charge in [0.05, 0.1) is 18.7 Å². The molecule has 3 rings (SSSR count). The number of nitrogens with zero attached hydrogens (tertiary/aromatic N) is 2. The first kappa shape index (κ1) is 22.6. The highest BCUT2D eigenvalue weighted by molar-refractivity contribution is 9.10. The molecule has 3 aromatic rings. The summed E-state index contributed by atoms with van der Waals surface area (Å²) in [6, 6.07) is 9.36. The molecule has 0 aliphatic carbocycles. The molecule has 9 heteroatoms. The third kappa shape index (κ3) is 5.97. The molecular weight excluding hydrogens is 472 g/mol. The van der Waals surface area contributed by atoms with E-state index in [1.807, 2.05) is 6.92 Å². The molecule has 0 atom stereocenters. The van der Waals surface area contributed by atoms with Crippen LogP contribution < -0.4 is 10.1 Å². The van der Waals surface area contributed by atoms with Crippen LogP contribution in [0.3, 0.4) is 0 Å². The molecule has 2 aromatic carbocycles. The van der Waals surface area contributed by atoms with E-state index in [0.717, 1.165) is 5.56 Å². The first-order valence-electron chi connectivity index (χ1n) is 9.54. The van der Waals surface area contributed by atoms with Gasteiger partial charge in [-0.05, 0) is 31.5 Å². The van der Waals surface area contributed by atoms with Gasteiger partial charge in [-0.3, -0.25) is 4.79 Å². The number of aliphatic carboxylic acids is 1. The Balaban J connectivity index is 1.74. The molecule has 0 aliphatic heterocycles. The van der Waals surface area contributed by atoms with Crippen LogP contribution in [0.25, 0.3) is 11.3 Å². The molecule has 0 fully saturated rings. The lowest BCUT2D eigenvalue weighted by Gasteiger charge is -2.12. The van der Waals surface area contributed by atoms with Crippen LogP contribution in [0.5, 0.6) is 5.75 Å². The summed E-state index contributed by atoms with van der Waals surface area (Å²) in [5, 5.41) is 12.1. The molecule has 6 nitrogen and oxygen atoms in total. The second-order valence-corrected chi connectivity index (χ2v) is 7.55. The molecule has 0 unspecified atom stereocenters. The van der Waals surface area contributed by atoms with Crippen molar-refractivity contribution in [2.75, 3.05) is 18.5 Å². The largest absolute Gasteiger partial charge is 0.494 e. The quantitative estimate of drug-likeness (QED) is 0.444. The van der Waals surface area contributed by atoms with Crippen molar-refractivity contribution in [3.8, 4) is 17.0 Å². The highest BCUT2D eigenvalue weighted by Gasteiger charge is 2.12. The Morgan fingerprint density at radius 1 is 1.16 bits per heavy atom. The normalized spacial score (nSPS) is 10.7. The summed E-state index contributed by atoms with van der Waals surface area (Å²) < 4.78 is 33.9. The Kier molecular flexibility index (Phi) is 7.51. The molecule has 0 aliphatic rings. The van der Waals surface area contributed by atoms with Crippen molar-refractivity contribution in [1.82, 2.24) is 9.97 Å². The molecule has 0 bridgehead atoms. The number of carboxylic acids is 1. The molecule has 2 N–H and O–H groups in total.